The highest BCUT2D eigenvalue weighted by Crippen LogP contribution is 2.16. The minimum Gasteiger partial charge on any atom is -0.462 e. The van der Waals surface area contributed by atoms with Crippen molar-refractivity contribution in [2.24, 2.45) is 0 Å². The zero-order valence-electron chi connectivity index (χ0n) is 51.8. The van der Waals surface area contributed by atoms with Crippen LogP contribution in [-0.4, -0.2) is 37.2 Å². The molecule has 0 amide bonds. The van der Waals surface area contributed by atoms with Gasteiger partial charge in [-0.1, -0.05) is 289 Å². The van der Waals surface area contributed by atoms with E-state index in [0.717, 1.165) is 116 Å². The average molecular weight is 1110 g/mol. The first-order valence-corrected chi connectivity index (χ1v) is 32.8. The molecule has 0 aromatic rings. The maximum Gasteiger partial charge on any atom is 0.310 e. The van der Waals surface area contributed by atoms with Crippen molar-refractivity contribution in [3.63, 3.8) is 0 Å². The van der Waals surface area contributed by atoms with Gasteiger partial charge in [-0.05, 0) is 122 Å². The number of carbonyl (C=O) groups is 3. The molecule has 1 unspecified atom stereocenters. The van der Waals surface area contributed by atoms with Crippen LogP contribution < -0.4 is 0 Å². The minimum atomic E-state index is -0.841. The molecule has 0 aliphatic carbocycles. The van der Waals surface area contributed by atoms with E-state index in [1.54, 1.807) is 6.08 Å². The first kappa shape index (κ1) is 75.3. The summed E-state index contributed by atoms with van der Waals surface area (Å²) in [5, 5.41) is 0. The van der Waals surface area contributed by atoms with Crippen LogP contribution in [0.15, 0.2) is 146 Å². The third-order valence-electron chi connectivity index (χ3n) is 13.6. The Kier molecular flexibility index (Phi) is 62.9. The summed E-state index contributed by atoms with van der Waals surface area (Å²) in [6.07, 6.45) is 96.1. The SMILES string of the molecule is CC/C=C\C/C=C\C/C=C\C/C=C\C/C=C\C/C=C\CCCCCCCCCCCCCCCCC(=O)OCC(COC(=O)CCCCCCC/C=C\CCCCCCC)OC(=O)C/C=C\C/C=C\C/C=C\C/C=C\C/C=C\CC. The Morgan fingerprint density at radius 1 is 0.275 bits per heavy atom. The molecule has 0 rings (SSSR count). The number of esters is 3. The van der Waals surface area contributed by atoms with E-state index >= 15 is 0 Å². The second kappa shape index (κ2) is 66.8. The molecule has 0 aromatic heterocycles. The average Bonchev–Trinajstić information content (AvgIpc) is 3.46. The van der Waals surface area contributed by atoms with Crippen molar-refractivity contribution in [3.05, 3.63) is 146 Å². The maximum absolute atomic E-state index is 12.8. The Morgan fingerprint density at radius 3 is 0.838 bits per heavy atom. The molecule has 6 heteroatoms. The maximum atomic E-state index is 12.8. The van der Waals surface area contributed by atoms with Gasteiger partial charge in [-0.25, -0.2) is 0 Å². The van der Waals surface area contributed by atoms with Gasteiger partial charge < -0.3 is 14.2 Å². The molecule has 0 heterocycles. The van der Waals surface area contributed by atoms with Gasteiger partial charge in [0.05, 0.1) is 6.42 Å². The monoisotopic (exact) mass is 1100 g/mol. The first-order chi connectivity index (χ1) is 39.5. The third-order valence-corrected chi connectivity index (χ3v) is 13.6. The van der Waals surface area contributed by atoms with E-state index in [4.69, 9.17) is 14.2 Å². The minimum absolute atomic E-state index is 0.0913. The Bertz CT molecular complexity index is 1750. The molecule has 0 aliphatic heterocycles. The van der Waals surface area contributed by atoms with Crippen LogP contribution in [-0.2, 0) is 28.6 Å². The standard InChI is InChI=1S/C74H120O6/c1-4-7-10-13-16-19-22-25-28-29-30-31-32-33-34-35-36-37-38-39-40-41-42-43-44-45-47-49-52-55-58-61-64-67-73(76)79-70-71(69-78-72(75)66-63-60-57-54-51-48-27-24-21-18-15-12-9-6-3)80-74(77)68-65-62-59-56-53-50-46-26-23-20-17-14-11-8-5-2/h7-8,10-11,16-17,19-20,24-28,30-31,33-34,36-37,46,53,56,62,65,71H,4-6,9,12-15,18,21-23,29,32,35,38-45,47-52,54-55,57-61,63-64,66-70H2,1-3H3/b10-7-,11-8-,19-16-,20-17-,27-24-,28-25-,31-30-,34-33-,37-36-,46-26-,56-53-,65-62-. The second-order valence-electron chi connectivity index (χ2n) is 21.3. The number of rotatable bonds is 58. The Hall–Kier alpha value is -4.71. The third kappa shape index (κ3) is 64.1. The molecular formula is C74H120O6. The molecule has 0 aliphatic rings. The summed E-state index contributed by atoms with van der Waals surface area (Å²) in [6, 6.07) is 0. The van der Waals surface area contributed by atoms with E-state index in [-0.39, 0.29) is 31.6 Å². The zero-order valence-corrected chi connectivity index (χ0v) is 51.8. The van der Waals surface area contributed by atoms with Crippen molar-refractivity contribution >= 4 is 17.9 Å². The van der Waals surface area contributed by atoms with Crippen LogP contribution in [0.4, 0.5) is 0 Å². The lowest BCUT2D eigenvalue weighted by Crippen LogP contribution is -2.30. The van der Waals surface area contributed by atoms with Gasteiger partial charge in [0.15, 0.2) is 6.10 Å². The molecule has 0 N–H and O–H groups in total. The first-order valence-electron chi connectivity index (χ1n) is 32.8. The van der Waals surface area contributed by atoms with E-state index < -0.39 is 12.1 Å². The van der Waals surface area contributed by atoms with Crippen LogP contribution in [0.3, 0.4) is 0 Å². The van der Waals surface area contributed by atoms with E-state index in [9.17, 15) is 14.4 Å². The lowest BCUT2D eigenvalue weighted by molar-refractivity contribution is -0.166. The van der Waals surface area contributed by atoms with Gasteiger partial charge in [0.2, 0.25) is 0 Å². The summed E-state index contributed by atoms with van der Waals surface area (Å²) in [5.74, 6) is -1.06. The second-order valence-corrected chi connectivity index (χ2v) is 21.3. The normalized spacial score (nSPS) is 13.1. The summed E-state index contributed by atoms with van der Waals surface area (Å²) in [6.45, 7) is 6.32. The van der Waals surface area contributed by atoms with E-state index in [1.807, 2.05) is 6.08 Å². The molecule has 80 heavy (non-hydrogen) atoms. The molecule has 0 radical (unpaired) electrons. The van der Waals surface area contributed by atoms with Crippen LogP contribution in [0.5, 0.6) is 0 Å². The molecule has 452 valence electrons. The topological polar surface area (TPSA) is 78.9 Å². The van der Waals surface area contributed by atoms with Gasteiger partial charge in [-0.3, -0.25) is 14.4 Å². The van der Waals surface area contributed by atoms with Crippen molar-refractivity contribution in [2.75, 3.05) is 13.2 Å². The van der Waals surface area contributed by atoms with Crippen LogP contribution in [0.25, 0.3) is 0 Å². The van der Waals surface area contributed by atoms with Gasteiger partial charge in [0.25, 0.3) is 0 Å². The number of allylic oxidation sites excluding steroid dienone is 23. The van der Waals surface area contributed by atoms with Gasteiger partial charge in [-0.2, -0.15) is 0 Å². The van der Waals surface area contributed by atoms with Crippen LogP contribution in [0.1, 0.15) is 284 Å². The van der Waals surface area contributed by atoms with Gasteiger partial charge in [0, 0.05) is 12.8 Å². The lowest BCUT2D eigenvalue weighted by Gasteiger charge is -2.18. The van der Waals surface area contributed by atoms with Crippen molar-refractivity contribution in [2.45, 2.75) is 290 Å². The molecule has 0 bridgehead atoms. The van der Waals surface area contributed by atoms with Gasteiger partial charge >= 0.3 is 17.9 Å². The Morgan fingerprint density at radius 2 is 0.525 bits per heavy atom. The fourth-order valence-corrected chi connectivity index (χ4v) is 8.75. The predicted octanol–water partition coefficient (Wildman–Crippen LogP) is 22.7. The van der Waals surface area contributed by atoms with Crippen LogP contribution >= 0.6 is 0 Å². The van der Waals surface area contributed by atoms with E-state index in [2.05, 4.69) is 154 Å². The summed E-state index contributed by atoms with van der Waals surface area (Å²) < 4.78 is 16.8. The van der Waals surface area contributed by atoms with Gasteiger partial charge in [-0.15, -0.1) is 0 Å². The largest absolute Gasteiger partial charge is 0.462 e. The number of carbonyl (C=O) groups excluding carboxylic acids is 3. The van der Waals surface area contributed by atoms with E-state index in [1.165, 1.54) is 122 Å². The highest BCUT2D eigenvalue weighted by molar-refractivity contribution is 5.72. The predicted molar refractivity (Wildman–Crippen MR) is 348 cm³/mol. The summed E-state index contributed by atoms with van der Waals surface area (Å²) in [7, 11) is 0. The summed E-state index contributed by atoms with van der Waals surface area (Å²) >= 11 is 0. The smallest absolute Gasteiger partial charge is 0.310 e. The fourth-order valence-electron chi connectivity index (χ4n) is 8.75. The number of hydrogen-bond donors (Lipinski definition) is 0. The number of hydrogen-bond acceptors (Lipinski definition) is 6. The molecular weight excluding hydrogens is 985 g/mol. The zero-order chi connectivity index (χ0) is 57.8. The summed E-state index contributed by atoms with van der Waals surface area (Å²) in [5.41, 5.74) is 0. The van der Waals surface area contributed by atoms with Crippen molar-refractivity contribution < 1.29 is 28.6 Å². The number of unbranched alkanes of at least 4 members (excludes halogenated alkanes) is 24. The number of ether oxygens (including phenoxy) is 3. The quantitative estimate of drug-likeness (QED) is 0.0261. The van der Waals surface area contributed by atoms with Crippen molar-refractivity contribution in [1.82, 2.24) is 0 Å². The Balaban J connectivity index is 4.28. The lowest BCUT2D eigenvalue weighted by atomic mass is 10.0. The molecule has 6 nitrogen and oxygen atoms in total. The van der Waals surface area contributed by atoms with Gasteiger partial charge in [0.1, 0.15) is 13.2 Å². The summed E-state index contributed by atoms with van der Waals surface area (Å²) in [4.78, 5) is 38.2. The van der Waals surface area contributed by atoms with Crippen molar-refractivity contribution in [3.8, 4) is 0 Å². The molecule has 0 fully saturated rings. The van der Waals surface area contributed by atoms with E-state index in [0.29, 0.717) is 19.3 Å². The van der Waals surface area contributed by atoms with Crippen LogP contribution in [0.2, 0.25) is 0 Å². The molecule has 1 atom stereocenters. The molecule has 0 aromatic carbocycles. The van der Waals surface area contributed by atoms with Crippen molar-refractivity contribution in [1.29, 1.82) is 0 Å². The molecule has 0 spiro atoms. The fraction of sp³-hybridized carbons (Fsp3) is 0.635. The molecule has 0 saturated heterocycles. The highest BCUT2D eigenvalue weighted by Gasteiger charge is 2.19. The highest BCUT2D eigenvalue weighted by atomic mass is 16.6. The Labute approximate surface area is 493 Å². The molecule has 0 saturated carbocycles. The van der Waals surface area contributed by atoms with Crippen LogP contribution in [0, 0.1) is 0 Å².